The standard InChI is InChI=1S/C21H21ClN2O2S/c1-15-5-7-19(8-6-15)26-13-21-24-18(14-27-21)12-20(25)23-10-9-16-3-2-4-17(22)11-16/h2-8,11,14H,9-10,12-13H2,1H3,(H,23,25). The number of carbonyl (C=O) groups is 1. The zero-order chi connectivity index (χ0) is 19.1. The van der Waals surface area contributed by atoms with Gasteiger partial charge in [-0.05, 0) is 43.2 Å². The molecule has 0 saturated carbocycles. The fourth-order valence-electron chi connectivity index (χ4n) is 2.54. The lowest BCUT2D eigenvalue weighted by molar-refractivity contribution is -0.120. The Balaban J connectivity index is 1.41. The van der Waals surface area contributed by atoms with Crippen molar-refractivity contribution in [3.05, 3.63) is 80.8 Å². The fourth-order valence-corrected chi connectivity index (χ4v) is 3.46. The molecule has 0 aliphatic heterocycles. The second-order valence-corrected chi connectivity index (χ2v) is 7.62. The van der Waals surface area contributed by atoms with E-state index in [1.54, 1.807) is 0 Å². The maximum atomic E-state index is 12.1. The lowest BCUT2D eigenvalue weighted by atomic mass is 10.1. The fraction of sp³-hybridized carbons (Fsp3) is 0.238. The van der Waals surface area contributed by atoms with Crippen molar-refractivity contribution >= 4 is 28.8 Å². The summed E-state index contributed by atoms with van der Waals surface area (Å²) in [6.45, 7) is 3.02. The molecule has 0 aliphatic carbocycles. The van der Waals surface area contributed by atoms with Gasteiger partial charge in [0, 0.05) is 16.9 Å². The molecule has 0 unspecified atom stereocenters. The molecule has 0 atom stereocenters. The first-order valence-electron chi connectivity index (χ1n) is 8.72. The minimum absolute atomic E-state index is 0.0340. The van der Waals surface area contributed by atoms with Gasteiger partial charge in [0.25, 0.3) is 0 Å². The number of rotatable bonds is 8. The van der Waals surface area contributed by atoms with Crippen LogP contribution in [-0.4, -0.2) is 17.4 Å². The molecule has 27 heavy (non-hydrogen) atoms. The number of nitrogens with zero attached hydrogens (tertiary/aromatic N) is 1. The van der Waals surface area contributed by atoms with Crippen molar-refractivity contribution in [2.24, 2.45) is 0 Å². The van der Waals surface area contributed by atoms with Gasteiger partial charge in [0.15, 0.2) is 0 Å². The van der Waals surface area contributed by atoms with Crippen molar-refractivity contribution in [2.75, 3.05) is 6.54 Å². The van der Waals surface area contributed by atoms with Crippen LogP contribution in [0.15, 0.2) is 53.9 Å². The van der Waals surface area contributed by atoms with Gasteiger partial charge >= 0.3 is 0 Å². The summed E-state index contributed by atoms with van der Waals surface area (Å²) in [5.74, 6) is 0.782. The lowest BCUT2D eigenvalue weighted by Crippen LogP contribution is -2.27. The highest BCUT2D eigenvalue weighted by molar-refractivity contribution is 7.09. The summed E-state index contributed by atoms with van der Waals surface area (Å²) in [6, 6.07) is 15.6. The second-order valence-electron chi connectivity index (χ2n) is 6.24. The molecule has 0 spiro atoms. The highest BCUT2D eigenvalue weighted by atomic mass is 35.5. The molecule has 2 aromatic carbocycles. The highest BCUT2D eigenvalue weighted by Crippen LogP contribution is 2.16. The average molecular weight is 401 g/mol. The van der Waals surface area contributed by atoms with Crippen LogP contribution < -0.4 is 10.1 Å². The summed E-state index contributed by atoms with van der Waals surface area (Å²) in [6.07, 6.45) is 1.02. The normalized spacial score (nSPS) is 10.6. The Hall–Kier alpha value is -2.37. The van der Waals surface area contributed by atoms with Crippen molar-refractivity contribution < 1.29 is 9.53 Å². The van der Waals surface area contributed by atoms with E-state index in [0.717, 1.165) is 28.4 Å². The van der Waals surface area contributed by atoms with Gasteiger partial charge in [-0.2, -0.15) is 0 Å². The van der Waals surface area contributed by atoms with E-state index in [1.165, 1.54) is 16.9 Å². The van der Waals surface area contributed by atoms with Gasteiger partial charge in [0.05, 0.1) is 12.1 Å². The van der Waals surface area contributed by atoms with Crippen molar-refractivity contribution in [2.45, 2.75) is 26.4 Å². The van der Waals surface area contributed by atoms with Gasteiger partial charge in [-0.25, -0.2) is 4.98 Å². The number of nitrogens with one attached hydrogen (secondary N) is 1. The van der Waals surface area contributed by atoms with E-state index in [1.807, 2.05) is 60.8 Å². The summed E-state index contributed by atoms with van der Waals surface area (Å²) < 4.78 is 5.73. The van der Waals surface area contributed by atoms with Crippen LogP contribution >= 0.6 is 22.9 Å². The maximum absolute atomic E-state index is 12.1. The zero-order valence-corrected chi connectivity index (χ0v) is 16.6. The Kier molecular flexibility index (Phi) is 6.85. The molecular formula is C21H21ClN2O2S. The van der Waals surface area contributed by atoms with E-state index in [2.05, 4.69) is 10.3 Å². The molecule has 0 bridgehead atoms. The molecule has 4 nitrogen and oxygen atoms in total. The molecule has 1 heterocycles. The molecule has 0 radical (unpaired) electrons. The van der Waals surface area contributed by atoms with Crippen LogP contribution in [0.5, 0.6) is 5.75 Å². The first-order valence-corrected chi connectivity index (χ1v) is 9.98. The number of hydrogen-bond donors (Lipinski definition) is 1. The summed E-state index contributed by atoms with van der Waals surface area (Å²) in [4.78, 5) is 16.6. The van der Waals surface area contributed by atoms with Crippen LogP contribution in [0.3, 0.4) is 0 Å². The number of benzene rings is 2. The predicted molar refractivity (Wildman–Crippen MR) is 109 cm³/mol. The van der Waals surface area contributed by atoms with Crippen LogP contribution in [0.4, 0.5) is 0 Å². The largest absolute Gasteiger partial charge is 0.486 e. The smallest absolute Gasteiger partial charge is 0.226 e. The van der Waals surface area contributed by atoms with E-state index in [-0.39, 0.29) is 12.3 Å². The molecule has 1 N–H and O–H groups in total. The van der Waals surface area contributed by atoms with Crippen LogP contribution in [0.2, 0.25) is 5.02 Å². The lowest BCUT2D eigenvalue weighted by Gasteiger charge is -2.05. The van der Waals surface area contributed by atoms with Crippen LogP contribution in [0.25, 0.3) is 0 Å². The number of amides is 1. The van der Waals surface area contributed by atoms with Crippen molar-refractivity contribution in [1.82, 2.24) is 10.3 Å². The summed E-state index contributed by atoms with van der Waals surface area (Å²) >= 11 is 7.47. The third kappa shape index (κ3) is 6.38. The molecule has 6 heteroatoms. The SMILES string of the molecule is Cc1ccc(OCc2nc(CC(=O)NCCc3cccc(Cl)c3)cs2)cc1. The summed E-state index contributed by atoms with van der Waals surface area (Å²) in [7, 11) is 0. The van der Waals surface area contributed by atoms with Gasteiger partial charge < -0.3 is 10.1 Å². The topological polar surface area (TPSA) is 51.2 Å². The van der Waals surface area contributed by atoms with Crippen LogP contribution in [0.1, 0.15) is 21.8 Å². The van der Waals surface area contributed by atoms with E-state index in [0.29, 0.717) is 18.2 Å². The Bertz CT molecular complexity index is 893. The monoisotopic (exact) mass is 400 g/mol. The number of carbonyl (C=O) groups excluding carboxylic acids is 1. The van der Waals surface area contributed by atoms with Gasteiger partial charge in [0.2, 0.25) is 5.91 Å². The Morgan fingerprint density at radius 1 is 1.22 bits per heavy atom. The van der Waals surface area contributed by atoms with Crippen molar-refractivity contribution in [3.8, 4) is 5.75 Å². The summed E-state index contributed by atoms with van der Waals surface area (Å²) in [5, 5.41) is 6.40. The summed E-state index contributed by atoms with van der Waals surface area (Å²) in [5.41, 5.74) is 3.06. The number of aromatic nitrogens is 1. The molecule has 0 fully saturated rings. The molecule has 140 valence electrons. The third-order valence-electron chi connectivity index (χ3n) is 3.95. The van der Waals surface area contributed by atoms with Gasteiger partial charge in [-0.1, -0.05) is 41.4 Å². The van der Waals surface area contributed by atoms with Crippen molar-refractivity contribution in [3.63, 3.8) is 0 Å². The number of halogens is 1. The van der Waals surface area contributed by atoms with Crippen molar-refractivity contribution in [1.29, 1.82) is 0 Å². The first-order chi connectivity index (χ1) is 13.1. The van der Waals surface area contributed by atoms with E-state index in [9.17, 15) is 4.79 Å². The Morgan fingerprint density at radius 2 is 2.04 bits per heavy atom. The van der Waals surface area contributed by atoms with Crippen LogP contribution in [-0.2, 0) is 24.2 Å². The zero-order valence-electron chi connectivity index (χ0n) is 15.1. The molecular weight excluding hydrogens is 380 g/mol. The third-order valence-corrected chi connectivity index (χ3v) is 5.06. The number of ether oxygens (including phenoxy) is 1. The Labute approximate surface area is 168 Å². The molecule has 3 aromatic rings. The minimum Gasteiger partial charge on any atom is -0.486 e. The van der Waals surface area contributed by atoms with Gasteiger partial charge in [-0.15, -0.1) is 11.3 Å². The van der Waals surface area contributed by atoms with E-state index in [4.69, 9.17) is 16.3 Å². The van der Waals surface area contributed by atoms with Gasteiger partial charge in [-0.3, -0.25) is 4.79 Å². The molecule has 3 rings (SSSR count). The second kappa shape index (κ2) is 9.53. The molecule has 1 amide bonds. The van der Waals surface area contributed by atoms with E-state index < -0.39 is 0 Å². The predicted octanol–water partition coefficient (Wildman–Crippen LogP) is 4.59. The number of hydrogen-bond acceptors (Lipinski definition) is 4. The van der Waals surface area contributed by atoms with E-state index >= 15 is 0 Å². The Morgan fingerprint density at radius 3 is 2.81 bits per heavy atom. The van der Waals surface area contributed by atoms with Gasteiger partial charge in [0.1, 0.15) is 17.4 Å². The number of aryl methyl sites for hydroxylation is 1. The molecule has 0 aliphatic rings. The number of thiazole rings is 1. The minimum atomic E-state index is -0.0340. The average Bonchev–Trinajstić information content (AvgIpc) is 3.08. The highest BCUT2D eigenvalue weighted by Gasteiger charge is 2.08. The first kappa shape index (κ1) is 19.4. The molecule has 1 aromatic heterocycles. The maximum Gasteiger partial charge on any atom is 0.226 e. The quantitative estimate of drug-likeness (QED) is 0.601. The van der Waals surface area contributed by atoms with Crippen LogP contribution in [0, 0.1) is 6.92 Å². The molecule has 0 saturated heterocycles.